The van der Waals surface area contributed by atoms with Crippen LogP contribution in [-0.4, -0.2) is 24.1 Å². The third-order valence-corrected chi connectivity index (χ3v) is 4.89. The number of anilines is 1. The quantitative estimate of drug-likeness (QED) is 0.661. The van der Waals surface area contributed by atoms with Gasteiger partial charge in [0.05, 0.1) is 5.92 Å². The largest absolute Gasteiger partial charge is 0.382 e. The van der Waals surface area contributed by atoms with Gasteiger partial charge in [-0.05, 0) is 49.8 Å². The Hall–Kier alpha value is -2.17. The minimum Gasteiger partial charge on any atom is -0.382 e. The average Bonchev–Trinajstić information content (AvgIpc) is 2.57. The van der Waals surface area contributed by atoms with E-state index in [-0.39, 0.29) is 23.7 Å². The van der Waals surface area contributed by atoms with E-state index in [1.807, 2.05) is 24.3 Å². The molecule has 1 aliphatic heterocycles. The molecule has 3 rings (SSSR count). The Kier molecular flexibility index (Phi) is 4.74. The van der Waals surface area contributed by atoms with Crippen LogP contribution in [0.1, 0.15) is 50.0 Å². The van der Waals surface area contributed by atoms with Crippen LogP contribution in [0.4, 0.5) is 5.69 Å². The monoisotopic (exact) mass is 314 g/mol. The molecular weight excluding hydrogens is 292 g/mol. The van der Waals surface area contributed by atoms with Crippen molar-refractivity contribution in [1.29, 1.82) is 0 Å². The van der Waals surface area contributed by atoms with E-state index >= 15 is 0 Å². The van der Waals surface area contributed by atoms with E-state index < -0.39 is 0 Å². The van der Waals surface area contributed by atoms with Gasteiger partial charge in [-0.25, -0.2) is 0 Å². The molecule has 1 saturated carbocycles. The fourth-order valence-electron chi connectivity index (χ4n) is 3.46. The van der Waals surface area contributed by atoms with E-state index in [2.05, 4.69) is 10.6 Å². The molecule has 2 fully saturated rings. The van der Waals surface area contributed by atoms with Crippen LogP contribution in [0.15, 0.2) is 24.3 Å². The summed E-state index contributed by atoms with van der Waals surface area (Å²) in [7, 11) is 0. The van der Waals surface area contributed by atoms with Crippen LogP contribution in [0, 0.1) is 5.92 Å². The minimum atomic E-state index is -0.232. The Balaban J connectivity index is 1.58. The minimum absolute atomic E-state index is 0.185. The molecule has 0 aromatic heterocycles. The van der Waals surface area contributed by atoms with Gasteiger partial charge >= 0.3 is 0 Å². The van der Waals surface area contributed by atoms with Crippen LogP contribution in [0.5, 0.6) is 0 Å². The highest BCUT2D eigenvalue weighted by Crippen LogP contribution is 2.28. The third-order valence-electron chi connectivity index (χ3n) is 4.89. The second-order valence-electron chi connectivity index (χ2n) is 6.52. The van der Waals surface area contributed by atoms with Crippen molar-refractivity contribution in [2.75, 3.05) is 5.32 Å². The Morgan fingerprint density at radius 2 is 1.70 bits per heavy atom. The SMILES string of the molecule is O=CC1CCC(Nc2ccc(C3CCC(=O)NC3=O)cc2)CC1. The summed E-state index contributed by atoms with van der Waals surface area (Å²) in [5, 5.41) is 5.90. The second kappa shape index (κ2) is 6.94. The molecule has 2 N–H and O–H groups in total. The molecule has 0 radical (unpaired) electrons. The van der Waals surface area contributed by atoms with Gasteiger partial charge in [-0.2, -0.15) is 0 Å². The number of piperidine rings is 1. The first-order valence-corrected chi connectivity index (χ1v) is 8.31. The molecular formula is C18H22N2O3. The summed E-state index contributed by atoms with van der Waals surface area (Å²) >= 11 is 0. The first-order chi connectivity index (χ1) is 11.2. The molecule has 1 saturated heterocycles. The van der Waals surface area contributed by atoms with Crippen molar-refractivity contribution in [1.82, 2.24) is 5.32 Å². The van der Waals surface area contributed by atoms with Crippen LogP contribution >= 0.6 is 0 Å². The summed E-state index contributed by atoms with van der Waals surface area (Å²) in [6.07, 6.45) is 5.98. The van der Waals surface area contributed by atoms with Crippen LogP contribution in [0.2, 0.25) is 0 Å². The van der Waals surface area contributed by atoms with Gasteiger partial charge < -0.3 is 10.1 Å². The lowest BCUT2D eigenvalue weighted by molar-refractivity contribution is -0.134. The number of rotatable bonds is 4. The summed E-state index contributed by atoms with van der Waals surface area (Å²) in [6, 6.07) is 8.31. The topological polar surface area (TPSA) is 75.3 Å². The lowest BCUT2D eigenvalue weighted by Gasteiger charge is -2.27. The maximum Gasteiger partial charge on any atom is 0.234 e. The summed E-state index contributed by atoms with van der Waals surface area (Å²) in [4.78, 5) is 33.9. The van der Waals surface area contributed by atoms with Crippen LogP contribution in [0.25, 0.3) is 0 Å². The highest BCUT2D eigenvalue weighted by atomic mass is 16.2. The van der Waals surface area contributed by atoms with Gasteiger partial charge in [-0.15, -0.1) is 0 Å². The summed E-state index contributed by atoms with van der Waals surface area (Å²) in [5.74, 6) is -0.391. The number of benzene rings is 1. The van der Waals surface area contributed by atoms with Gasteiger partial charge in [0.15, 0.2) is 0 Å². The predicted molar refractivity (Wildman–Crippen MR) is 87.0 cm³/mol. The number of carbonyl (C=O) groups is 3. The zero-order valence-electron chi connectivity index (χ0n) is 13.1. The summed E-state index contributed by atoms with van der Waals surface area (Å²) < 4.78 is 0. The zero-order valence-corrected chi connectivity index (χ0v) is 13.1. The van der Waals surface area contributed by atoms with E-state index in [1.54, 1.807) is 0 Å². The van der Waals surface area contributed by atoms with Crippen molar-refractivity contribution < 1.29 is 14.4 Å². The van der Waals surface area contributed by atoms with Gasteiger partial charge in [0.1, 0.15) is 6.29 Å². The van der Waals surface area contributed by atoms with E-state index in [4.69, 9.17) is 0 Å². The normalized spacial score (nSPS) is 28.1. The predicted octanol–water partition coefficient (Wildman–Crippen LogP) is 2.38. The van der Waals surface area contributed by atoms with E-state index in [1.165, 1.54) is 0 Å². The van der Waals surface area contributed by atoms with Crippen molar-refractivity contribution in [3.05, 3.63) is 29.8 Å². The highest BCUT2D eigenvalue weighted by molar-refractivity contribution is 6.00. The Bertz CT molecular complexity index is 589. The maximum atomic E-state index is 11.9. The first kappa shape index (κ1) is 15.7. The second-order valence-corrected chi connectivity index (χ2v) is 6.52. The van der Waals surface area contributed by atoms with Crippen molar-refractivity contribution in [2.24, 2.45) is 5.92 Å². The van der Waals surface area contributed by atoms with Gasteiger partial charge in [0.2, 0.25) is 11.8 Å². The zero-order chi connectivity index (χ0) is 16.2. The highest BCUT2D eigenvalue weighted by Gasteiger charge is 2.27. The van der Waals surface area contributed by atoms with Crippen molar-refractivity contribution in [3.63, 3.8) is 0 Å². The van der Waals surface area contributed by atoms with Crippen LogP contribution in [-0.2, 0) is 14.4 Å². The van der Waals surface area contributed by atoms with E-state index in [9.17, 15) is 14.4 Å². The summed E-state index contributed by atoms with van der Waals surface area (Å²) in [5.41, 5.74) is 1.99. The molecule has 0 bridgehead atoms. The number of carbonyl (C=O) groups excluding carboxylic acids is 3. The van der Waals surface area contributed by atoms with E-state index in [0.29, 0.717) is 18.9 Å². The molecule has 23 heavy (non-hydrogen) atoms. The van der Waals surface area contributed by atoms with Gasteiger partial charge in [-0.3, -0.25) is 14.9 Å². The molecule has 2 amide bonds. The smallest absolute Gasteiger partial charge is 0.234 e. The number of aldehydes is 1. The van der Waals surface area contributed by atoms with E-state index in [0.717, 1.165) is 43.2 Å². The van der Waals surface area contributed by atoms with Crippen LogP contribution < -0.4 is 10.6 Å². The molecule has 122 valence electrons. The Morgan fingerprint density at radius 1 is 1.00 bits per heavy atom. The van der Waals surface area contributed by atoms with Crippen molar-refractivity contribution in [3.8, 4) is 0 Å². The van der Waals surface area contributed by atoms with Gasteiger partial charge in [0.25, 0.3) is 0 Å². The molecule has 5 nitrogen and oxygen atoms in total. The Labute approximate surface area is 135 Å². The number of nitrogens with one attached hydrogen (secondary N) is 2. The Morgan fingerprint density at radius 3 is 2.30 bits per heavy atom. The van der Waals surface area contributed by atoms with Crippen LogP contribution in [0.3, 0.4) is 0 Å². The van der Waals surface area contributed by atoms with Crippen molar-refractivity contribution >= 4 is 23.8 Å². The average molecular weight is 314 g/mol. The molecule has 0 spiro atoms. The fraction of sp³-hybridized carbons (Fsp3) is 0.500. The molecule has 1 aromatic carbocycles. The fourth-order valence-corrected chi connectivity index (χ4v) is 3.46. The molecule has 1 atom stereocenters. The molecule has 1 aromatic rings. The molecule has 5 heteroatoms. The number of amides is 2. The molecule has 1 heterocycles. The van der Waals surface area contributed by atoms with Gasteiger partial charge in [0, 0.05) is 24.1 Å². The lowest BCUT2D eigenvalue weighted by Crippen LogP contribution is -2.39. The maximum absolute atomic E-state index is 11.9. The molecule has 2 aliphatic rings. The third kappa shape index (κ3) is 3.78. The van der Waals surface area contributed by atoms with Crippen molar-refractivity contribution in [2.45, 2.75) is 50.5 Å². The number of hydrogen-bond acceptors (Lipinski definition) is 4. The standard InChI is InChI=1S/C18H22N2O3/c21-11-12-1-5-14(6-2-12)19-15-7-3-13(4-8-15)16-9-10-17(22)20-18(16)23/h3-4,7-8,11-12,14,16,19H,1-2,5-6,9-10H2,(H,20,22,23). The molecule has 1 unspecified atom stereocenters. The molecule has 1 aliphatic carbocycles. The summed E-state index contributed by atoms with van der Waals surface area (Å²) in [6.45, 7) is 0. The first-order valence-electron chi connectivity index (χ1n) is 8.31. The number of imide groups is 1. The van der Waals surface area contributed by atoms with Gasteiger partial charge in [-0.1, -0.05) is 12.1 Å². The number of hydrogen-bond donors (Lipinski definition) is 2. The lowest BCUT2D eigenvalue weighted by atomic mass is 9.87.